The lowest BCUT2D eigenvalue weighted by Gasteiger charge is -2.16. The number of ether oxygens (including phenoxy) is 2. The van der Waals surface area contributed by atoms with Gasteiger partial charge in [0.05, 0.1) is 18.2 Å². The summed E-state index contributed by atoms with van der Waals surface area (Å²) in [6.07, 6.45) is -4.29. The molecule has 0 aromatic heterocycles. The predicted molar refractivity (Wildman–Crippen MR) is 53.3 cm³/mol. The van der Waals surface area contributed by atoms with Crippen molar-refractivity contribution in [3.8, 4) is 11.8 Å². The molecule has 1 aromatic carbocycles. The van der Waals surface area contributed by atoms with Crippen LogP contribution in [-0.4, -0.2) is 18.7 Å². The van der Waals surface area contributed by atoms with Gasteiger partial charge in [-0.15, -0.1) is 0 Å². The molecule has 7 heteroatoms. The summed E-state index contributed by atoms with van der Waals surface area (Å²) in [4.78, 5) is 10.8. The van der Waals surface area contributed by atoms with Crippen molar-refractivity contribution in [3.63, 3.8) is 0 Å². The molecule has 0 amide bonds. The number of hydrogen-bond donors (Lipinski definition) is 0. The Hall–Kier alpha value is -2.23. The van der Waals surface area contributed by atoms with E-state index in [1.165, 1.54) is 6.92 Å². The van der Waals surface area contributed by atoms with Crippen molar-refractivity contribution in [2.45, 2.75) is 13.0 Å². The van der Waals surface area contributed by atoms with Gasteiger partial charge in [0.15, 0.2) is 11.6 Å². The van der Waals surface area contributed by atoms with E-state index in [-0.39, 0.29) is 12.2 Å². The van der Waals surface area contributed by atoms with E-state index < -0.39 is 23.6 Å². The highest BCUT2D eigenvalue weighted by Crippen LogP contribution is 2.26. The second-order valence-electron chi connectivity index (χ2n) is 3.10. The molecule has 4 nitrogen and oxygen atoms in total. The number of benzene rings is 1. The SMILES string of the molecule is CCOC(=O)C(F)(F)Oc1ccc(C#N)cc1F. The van der Waals surface area contributed by atoms with Crippen LogP contribution in [0.4, 0.5) is 13.2 Å². The van der Waals surface area contributed by atoms with Gasteiger partial charge in [0.1, 0.15) is 0 Å². The number of halogens is 3. The molecule has 0 spiro atoms. The van der Waals surface area contributed by atoms with Crippen molar-refractivity contribution in [3.05, 3.63) is 29.6 Å². The molecular formula is C11H8F3NO3. The molecule has 0 fully saturated rings. The highest BCUT2D eigenvalue weighted by molar-refractivity contribution is 5.76. The Morgan fingerprint density at radius 2 is 2.17 bits per heavy atom. The Kier molecular flexibility index (Phi) is 4.15. The Balaban J connectivity index is 2.91. The third-order valence-corrected chi connectivity index (χ3v) is 1.81. The van der Waals surface area contributed by atoms with Gasteiger partial charge in [-0.05, 0) is 25.1 Å². The van der Waals surface area contributed by atoms with Crippen LogP contribution < -0.4 is 4.74 Å². The van der Waals surface area contributed by atoms with Crippen molar-refractivity contribution < 1.29 is 27.4 Å². The zero-order valence-corrected chi connectivity index (χ0v) is 9.25. The average molecular weight is 259 g/mol. The molecule has 0 aliphatic carbocycles. The minimum Gasteiger partial charge on any atom is -0.459 e. The van der Waals surface area contributed by atoms with Gasteiger partial charge in [0, 0.05) is 0 Å². The van der Waals surface area contributed by atoms with E-state index in [1.807, 2.05) is 0 Å². The standard InChI is InChI=1S/C11H8F3NO3/c1-2-17-10(16)11(13,14)18-9-4-3-7(6-15)5-8(9)12/h3-5H,2H2,1H3. The van der Waals surface area contributed by atoms with Gasteiger partial charge in [-0.2, -0.15) is 14.0 Å². The van der Waals surface area contributed by atoms with E-state index in [1.54, 1.807) is 6.07 Å². The lowest BCUT2D eigenvalue weighted by molar-refractivity contribution is -0.217. The van der Waals surface area contributed by atoms with Crippen molar-refractivity contribution in [2.24, 2.45) is 0 Å². The van der Waals surface area contributed by atoms with Crippen LogP contribution in [0, 0.1) is 17.1 Å². The Bertz CT molecular complexity index is 497. The molecule has 0 atom stereocenters. The van der Waals surface area contributed by atoms with Gasteiger partial charge in [-0.25, -0.2) is 9.18 Å². The van der Waals surface area contributed by atoms with Crippen LogP contribution in [0.1, 0.15) is 12.5 Å². The first-order valence-electron chi connectivity index (χ1n) is 4.84. The molecular weight excluding hydrogens is 251 g/mol. The van der Waals surface area contributed by atoms with Crippen LogP contribution in [0.3, 0.4) is 0 Å². The van der Waals surface area contributed by atoms with E-state index in [0.717, 1.165) is 18.2 Å². The minimum absolute atomic E-state index is 0.0562. The molecule has 0 unspecified atom stereocenters. The highest BCUT2D eigenvalue weighted by Gasteiger charge is 2.44. The molecule has 1 aromatic rings. The summed E-state index contributed by atoms with van der Waals surface area (Å²) in [7, 11) is 0. The third kappa shape index (κ3) is 3.13. The van der Waals surface area contributed by atoms with Crippen molar-refractivity contribution in [1.29, 1.82) is 5.26 Å². The molecule has 0 saturated heterocycles. The fraction of sp³-hybridized carbons (Fsp3) is 0.273. The molecule has 1 rings (SSSR count). The molecule has 0 saturated carbocycles. The predicted octanol–water partition coefficient (Wildman–Crippen LogP) is 2.23. The first kappa shape index (κ1) is 13.8. The number of carbonyl (C=O) groups excluding carboxylic acids is 1. The maximum Gasteiger partial charge on any atom is 0.502 e. The molecule has 0 radical (unpaired) electrons. The average Bonchev–Trinajstić information content (AvgIpc) is 2.32. The van der Waals surface area contributed by atoms with Gasteiger partial charge in [-0.3, -0.25) is 0 Å². The number of hydrogen-bond acceptors (Lipinski definition) is 4. The fourth-order valence-corrected chi connectivity index (χ4v) is 1.05. The smallest absolute Gasteiger partial charge is 0.459 e. The lowest BCUT2D eigenvalue weighted by Crippen LogP contribution is -2.37. The summed E-state index contributed by atoms with van der Waals surface area (Å²) in [6.45, 7) is 1.09. The van der Waals surface area contributed by atoms with Gasteiger partial charge in [0.2, 0.25) is 0 Å². The minimum atomic E-state index is -4.29. The van der Waals surface area contributed by atoms with Crippen LogP contribution in [0.2, 0.25) is 0 Å². The molecule has 0 heterocycles. The van der Waals surface area contributed by atoms with Crippen molar-refractivity contribution in [2.75, 3.05) is 6.61 Å². The van der Waals surface area contributed by atoms with Crippen LogP contribution in [0.25, 0.3) is 0 Å². The topological polar surface area (TPSA) is 59.3 Å². The van der Waals surface area contributed by atoms with Gasteiger partial charge < -0.3 is 9.47 Å². The molecule has 0 aliphatic heterocycles. The summed E-state index contributed by atoms with van der Waals surface area (Å²) >= 11 is 0. The molecule has 0 aliphatic rings. The van der Waals surface area contributed by atoms with Crippen LogP contribution in [0.5, 0.6) is 5.75 Å². The first-order chi connectivity index (χ1) is 8.40. The van der Waals surface area contributed by atoms with E-state index in [9.17, 15) is 18.0 Å². The first-order valence-corrected chi connectivity index (χ1v) is 4.84. The zero-order valence-electron chi connectivity index (χ0n) is 9.25. The second kappa shape index (κ2) is 5.40. The van der Waals surface area contributed by atoms with E-state index in [2.05, 4.69) is 9.47 Å². The zero-order chi connectivity index (χ0) is 13.8. The van der Waals surface area contributed by atoms with Crippen LogP contribution in [0.15, 0.2) is 18.2 Å². The van der Waals surface area contributed by atoms with Crippen LogP contribution >= 0.6 is 0 Å². The van der Waals surface area contributed by atoms with E-state index in [4.69, 9.17) is 5.26 Å². The Morgan fingerprint density at radius 1 is 1.50 bits per heavy atom. The van der Waals surface area contributed by atoms with Gasteiger partial charge >= 0.3 is 12.1 Å². The van der Waals surface area contributed by atoms with Crippen molar-refractivity contribution in [1.82, 2.24) is 0 Å². The highest BCUT2D eigenvalue weighted by atomic mass is 19.3. The molecule has 18 heavy (non-hydrogen) atoms. The Morgan fingerprint density at radius 3 is 2.67 bits per heavy atom. The van der Waals surface area contributed by atoms with Crippen molar-refractivity contribution >= 4 is 5.97 Å². The molecule has 0 N–H and O–H groups in total. The number of carbonyl (C=O) groups is 1. The molecule has 96 valence electrons. The summed E-state index contributed by atoms with van der Waals surface area (Å²) < 4.78 is 47.5. The normalized spacial score (nSPS) is 10.6. The van der Waals surface area contributed by atoms with Gasteiger partial charge in [0.25, 0.3) is 0 Å². The largest absolute Gasteiger partial charge is 0.502 e. The summed E-state index contributed by atoms with van der Waals surface area (Å²) in [5.41, 5.74) is -0.0562. The number of nitriles is 1. The number of alkyl halides is 2. The number of rotatable bonds is 4. The maximum absolute atomic E-state index is 13.3. The lowest BCUT2D eigenvalue weighted by atomic mass is 10.2. The number of esters is 1. The summed E-state index contributed by atoms with van der Waals surface area (Å²) in [5, 5.41) is 8.46. The Labute approximate surface area is 101 Å². The van der Waals surface area contributed by atoms with E-state index in [0.29, 0.717) is 0 Å². The second-order valence-corrected chi connectivity index (χ2v) is 3.10. The molecule has 0 bridgehead atoms. The maximum atomic E-state index is 13.3. The van der Waals surface area contributed by atoms with Gasteiger partial charge in [-0.1, -0.05) is 0 Å². The van der Waals surface area contributed by atoms with E-state index >= 15 is 0 Å². The number of nitrogens with zero attached hydrogens (tertiary/aromatic N) is 1. The van der Waals surface area contributed by atoms with Crippen LogP contribution in [-0.2, 0) is 9.53 Å². The monoisotopic (exact) mass is 259 g/mol. The third-order valence-electron chi connectivity index (χ3n) is 1.81. The fourth-order valence-electron chi connectivity index (χ4n) is 1.05. The summed E-state index contributed by atoms with van der Waals surface area (Å²) in [5.74, 6) is -3.92. The quantitative estimate of drug-likeness (QED) is 0.778. The summed E-state index contributed by atoms with van der Waals surface area (Å²) in [6, 6.07) is 4.26.